The molecule has 7 nitrogen and oxygen atoms in total. The van der Waals surface area contributed by atoms with Crippen molar-refractivity contribution in [3.8, 4) is 0 Å². The van der Waals surface area contributed by atoms with Crippen molar-refractivity contribution >= 4 is 11.7 Å². The highest BCUT2D eigenvalue weighted by atomic mass is 16.5. The smallest absolute Gasteiger partial charge is 0.224 e. The van der Waals surface area contributed by atoms with E-state index < -0.39 is 0 Å². The molecule has 1 N–H and O–H groups in total. The number of amides is 1. The third-order valence-corrected chi connectivity index (χ3v) is 6.40. The van der Waals surface area contributed by atoms with Crippen LogP contribution in [-0.2, 0) is 9.53 Å². The Labute approximate surface area is 167 Å². The first-order chi connectivity index (χ1) is 13.7. The van der Waals surface area contributed by atoms with E-state index >= 15 is 0 Å². The molecule has 1 amide bonds. The molecular weight excluding hydrogens is 354 g/mol. The van der Waals surface area contributed by atoms with Crippen LogP contribution in [0.5, 0.6) is 0 Å². The van der Waals surface area contributed by atoms with E-state index in [-0.39, 0.29) is 11.8 Å². The molecule has 3 fully saturated rings. The van der Waals surface area contributed by atoms with Gasteiger partial charge in [-0.05, 0) is 45.1 Å². The number of ether oxygens (including phenoxy) is 1. The van der Waals surface area contributed by atoms with E-state index in [1.807, 2.05) is 0 Å². The first-order valence-corrected chi connectivity index (χ1v) is 10.8. The van der Waals surface area contributed by atoms with Gasteiger partial charge in [-0.25, -0.2) is 9.97 Å². The molecule has 3 aliphatic rings. The van der Waals surface area contributed by atoms with Gasteiger partial charge in [-0.3, -0.25) is 9.69 Å². The lowest BCUT2D eigenvalue weighted by atomic mass is 9.93. The number of carbonyl (C=O) groups is 1. The minimum Gasteiger partial charge on any atom is -0.383 e. The van der Waals surface area contributed by atoms with Crippen LogP contribution in [0.4, 0.5) is 5.82 Å². The number of hydrogen-bond donors (Lipinski definition) is 1. The van der Waals surface area contributed by atoms with E-state index in [4.69, 9.17) is 4.74 Å². The number of anilines is 1. The standard InChI is InChI=1S/C21H33N5O2/c1-28-12-8-22-21(27)17-3-2-9-26(14-17)18-6-10-25(11-7-18)20-13-19(16-4-5-16)23-15-24-20/h13,15-18H,2-12,14H2,1H3,(H,22,27)/t17-/m0/s1. The molecule has 28 heavy (non-hydrogen) atoms. The zero-order valence-electron chi connectivity index (χ0n) is 17.0. The fraction of sp³-hybridized carbons (Fsp3) is 0.762. The molecular formula is C21H33N5O2. The first-order valence-electron chi connectivity index (χ1n) is 10.8. The van der Waals surface area contributed by atoms with Gasteiger partial charge in [-0.15, -0.1) is 0 Å². The summed E-state index contributed by atoms with van der Waals surface area (Å²) < 4.78 is 5.03. The number of aromatic nitrogens is 2. The molecule has 1 aromatic heterocycles. The lowest BCUT2D eigenvalue weighted by molar-refractivity contribution is -0.127. The average Bonchev–Trinajstić information content (AvgIpc) is 3.60. The third-order valence-electron chi connectivity index (χ3n) is 6.40. The summed E-state index contributed by atoms with van der Waals surface area (Å²) in [6.07, 6.45) is 8.66. The SMILES string of the molecule is COCCNC(=O)[C@H]1CCCN(C2CCN(c3cc(C4CC4)ncn3)CC2)C1. The molecule has 7 heteroatoms. The van der Waals surface area contributed by atoms with Crippen LogP contribution in [0.1, 0.15) is 50.1 Å². The molecule has 0 unspecified atom stereocenters. The van der Waals surface area contributed by atoms with Crippen LogP contribution in [0.3, 0.4) is 0 Å². The van der Waals surface area contributed by atoms with Crippen molar-refractivity contribution < 1.29 is 9.53 Å². The van der Waals surface area contributed by atoms with Crippen molar-refractivity contribution in [3.05, 3.63) is 18.1 Å². The molecule has 0 spiro atoms. The summed E-state index contributed by atoms with van der Waals surface area (Å²) >= 11 is 0. The maximum Gasteiger partial charge on any atom is 0.224 e. The Hall–Kier alpha value is -1.73. The van der Waals surface area contributed by atoms with Gasteiger partial charge in [-0.2, -0.15) is 0 Å². The van der Waals surface area contributed by atoms with Crippen molar-refractivity contribution in [2.24, 2.45) is 5.92 Å². The summed E-state index contributed by atoms with van der Waals surface area (Å²) in [7, 11) is 1.66. The second-order valence-electron chi connectivity index (χ2n) is 8.41. The highest BCUT2D eigenvalue weighted by Gasteiger charge is 2.32. The van der Waals surface area contributed by atoms with Crippen LogP contribution in [-0.4, -0.2) is 73.3 Å². The molecule has 0 radical (unpaired) electrons. The second kappa shape index (κ2) is 9.18. The first kappa shape index (κ1) is 19.6. The fourth-order valence-electron chi connectivity index (χ4n) is 4.57. The lowest BCUT2D eigenvalue weighted by Crippen LogP contribution is -2.51. The van der Waals surface area contributed by atoms with Gasteiger partial charge in [0.15, 0.2) is 0 Å². The molecule has 2 aliphatic heterocycles. The van der Waals surface area contributed by atoms with Crippen LogP contribution in [0.15, 0.2) is 12.4 Å². The van der Waals surface area contributed by atoms with Crippen LogP contribution in [0.25, 0.3) is 0 Å². The van der Waals surface area contributed by atoms with E-state index in [0.29, 0.717) is 25.1 Å². The van der Waals surface area contributed by atoms with Gasteiger partial charge in [-0.1, -0.05) is 0 Å². The summed E-state index contributed by atoms with van der Waals surface area (Å²) in [5.74, 6) is 2.06. The van der Waals surface area contributed by atoms with Crippen LogP contribution in [0, 0.1) is 5.92 Å². The van der Waals surface area contributed by atoms with Crippen molar-refractivity contribution in [3.63, 3.8) is 0 Å². The Kier molecular flexibility index (Phi) is 6.42. The van der Waals surface area contributed by atoms with Crippen molar-refractivity contribution in [1.82, 2.24) is 20.2 Å². The molecule has 3 heterocycles. The molecule has 154 valence electrons. The summed E-state index contributed by atoms with van der Waals surface area (Å²) in [5, 5.41) is 3.01. The molecule has 0 aromatic carbocycles. The van der Waals surface area contributed by atoms with Crippen molar-refractivity contribution in [1.29, 1.82) is 0 Å². The van der Waals surface area contributed by atoms with E-state index in [9.17, 15) is 4.79 Å². The lowest BCUT2D eigenvalue weighted by Gasteiger charge is -2.42. The summed E-state index contributed by atoms with van der Waals surface area (Å²) in [6.45, 7) is 5.26. The molecule has 2 saturated heterocycles. The van der Waals surface area contributed by atoms with Crippen LogP contribution >= 0.6 is 0 Å². The van der Waals surface area contributed by atoms with Crippen molar-refractivity contribution in [2.75, 3.05) is 51.3 Å². The minimum atomic E-state index is 0.117. The number of methoxy groups -OCH3 is 1. The van der Waals surface area contributed by atoms with E-state index in [0.717, 1.165) is 57.7 Å². The minimum absolute atomic E-state index is 0.117. The van der Waals surface area contributed by atoms with E-state index in [2.05, 4.69) is 31.2 Å². The number of piperidine rings is 2. The maximum absolute atomic E-state index is 12.4. The normalized spacial score (nSPS) is 24.3. The average molecular weight is 388 g/mol. The number of carbonyl (C=O) groups excluding carboxylic acids is 1. The summed E-state index contributed by atoms with van der Waals surface area (Å²) in [6, 6.07) is 2.77. The highest BCUT2D eigenvalue weighted by molar-refractivity contribution is 5.78. The fourth-order valence-corrected chi connectivity index (χ4v) is 4.57. The van der Waals surface area contributed by atoms with Crippen LogP contribution in [0.2, 0.25) is 0 Å². The maximum atomic E-state index is 12.4. The molecule has 1 aromatic rings. The monoisotopic (exact) mass is 387 g/mol. The number of likely N-dealkylation sites (tertiary alicyclic amines) is 1. The van der Waals surface area contributed by atoms with Crippen LogP contribution < -0.4 is 10.2 Å². The zero-order chi connectivity index (χ0) is 19.3. The largest absolute Gasteiger partial charge is 0.383 e. The Bertz CT molecular complexity index is 658. The molecule has 1 aliphatic carbocycles. The summed E-state index contributed by atoms with van der Waals surface area (Å²) in [5.41, 5.74) is 1.21. The van der Waals surface area contributed by atoms with Gasteiger partial charge in [0.2, 0.25) is 5.91 Å². The quantitative estimate of drug-likeness (QED) is 0.720. The van der Waals surface area contributed by atoms with Gasteiger partial charge < -0.3 is 15.0 Å². The second-order valence-corrected chi connectivity index (χ2v) is 8.41. The number of nitrogens with one attached hydrogen (secondary N) is 1. The van der Waals surface area contributed by atoms with Gasteiger partial charge in [0.05, 0.1) is 12.5 Å². The molecule has 1 atom stereocenters. The van der Waals surface area contributed by atoms with Gasteiger partial charge in [0.25, 0.3) is 0 Å². The van der Waals surface area contributed by atoms with Gasteiger partial charge in [0, 0.05) is 57.0 Å². The van der Waals surface area contributed by atoms with E-state index in [1.165, 1.54) is 18.5 Å². The molecule has 0 bridgehead atoms. The summed E-state index contributed by atoms with van der Waals surface area (Å²) in [4.78, 5) is 26.3. The Balaban J connectivity index is 1.27. The molecule has 1 saturated carbocycles. The van der Waals surface area contributed by atoms with E-state index in [1.54, 1.807) is 13.4 Å². The topological polar surface area (TPSA) is 70.6 Å². The predicted octanol–water partition coefficient (Wildman–Crippen LogP) is 1.80. The number of hydrogen-bond acceptors (Lipinski definition) is 6. The Morgan fingerprint density at radius 2 is 2.00 bits per heavy atom. The highest BCUT2D eigenvalue weighted by Crippen LogP contribution is 2.39. The Morgan fingerprint density at radius 1 is 1.18 bits per heavy atom. The molecule has 4 rings (SSSR count). The Morgan fingerprint density at radius 3 is 2.75 bits per heavy atom. The number of nitrogens with zero attached hydrogens (tertiary/aromatic N) is 4. The zero-order valence-corrected chi connectivity index (χ0v) is 17.0. The predicted molar refractivity (Wildman–Crippen MR) is 108 cm³/mol. The van der Waals surface area contributed by atoms with Crippen molar-refractivity contribution in [2.45, 2.75) is 50.5 Å². The van der Waals surface area contributed by atoms with Gasteiger partial charge in [0.1, 0.15) is 12.1 Å². The van der Waals surface area contributed by atoms with Gasteiger partial charge >= 0.3 is 0 Å². The third kappa shape index (κ3) is 4.81. The number of rotatable bonds is 7.